The third kappa shape index (κ3) is 3.66. The van der Waals surface area contributed by atoms with Crippen molar-refractivity contribution in [2.75, 3.05) is 20.2 Å². The van der Waals surface area contributed by atoms with Crippen LogP contribution in [-0.4, -0.2) is 43.0 Å². The first-order valence-corrected chi connectivity index (χ1v) is 13.3. The van der Waals surface area contributed by atoms with Gasteiger partial charge in [0.2, 0.25) is 0 Å². The van der Waals surface area contributed by atoms with E-state index in [1.165, 1.54) is 49.8 Å². The quantitative estimate of drug-likeness (QED) is 0.422. The lowest BCUT2D eigenvalue weighted by atomic mass is 9.56. The van der Waals surface area contributed by atoms with E-state index in [9.17, 15) is 4.79 Å². The zero-order valence-electron chi connectivity index (χ0n) is 21.4. The Kier molecular flexibility index (Phi) is 5.77. The molecule has 178 valence electrons. The molecule has 2 saturated carbocycles. The summed E-state index contributed by atoms with van der Waals surface area (Å²) in [5, 5.41) is 0. The van der Waals surface area contributed by atoms with Gasteiger partial charge in [-0.05, 0) is 105 Å². The molecule has 0 unspecified atom stereocenters. The molecule has 0 aromatic heterocycles. The van der Waals surface area contributed by atoms with E-state index < -0.39 is 0 Å². The number of ether oxygens (including phenoxy) is 1. The van der Waals surface area contributed by atoms with Crippen molar-refractivity contribution in [1.82, 2.24) is 4.90 Å². The molecule has 2 heterocycles. The lowest BCUT2D eigenvalue weighted by Crippen LogP contribution is -2.57. The largest absolute Gasteiger partial charge is 0.372 e. The van der Waals surface area contributed by atoms with Crippen LogP contribution in [0.3, 0.4) is 0 Å². The van der Waals surface area contributed by atoms with Crippen LogP contribution < -0.4 is 0 Å². The van der Waals surface area contributed by atoms with E-state index in [1.807, 2.05) is 6.08 Å². The van der Waals surface area contributed by atoms with Gasteiger partial charge in [0.1, 0.15) is 0 Å². The van der Waals surface area contributed by atoms with E-state index in [-0.39, 0.29) is 10.8 Å². The van der Waals surface area contributed by atoms with E-state index in [1.54, 1.807) is 5.57 Å². The maximum Gasteiger partial charge on any atom is 0.155 e. The molecule has 2 aliphatic heterocycles. The zero-order valence-corrected chi connectivity index (χ0v) is 21.4. The summed E-state index contributed by atoms with van der Waals surface area (Å²) in [4.78, 5) is 14.8. The molecule has 3 aliphatic carbocycles. The summed E-state index contributed by atoms with van der Waals surface area (Å²) >= 11 is 0. The van der Waals surface area contributed by atoms with Gasteiger partial charge in [0.25, 0.3) is 0 Å². The summed E-state index contributed by atoms with van der Waals surface area (Å²) < 4.78 is 6.76. The monoisotopic (exact) mass is 439 g/mol. The Labute approximate surface area is 196 Å². The van der Waals surface area contributed by atoms with Gasteiger partial charge in [-0.1, -0.05) is 38.8 Å². The average molecular weight is 440 g/mol. The molecule has 0 radical (unpaired) electrons. The van der Waals surface area contributed by atoms with Crippen molar-refractivity contribution in [3.8, 4) is 0 Å². The van der Waals surface area contributed by atoms with Crippen LogP contribution in [0, 0.1) is 34.5 Å². The Balaban J connectivity index is 1.48. The fourth-order valence-corrected chi connectivity index (χ4v) is 8.88. The van der Waals surface area contributed by atoms with Crippen LogP contribution in [0.5, 0.6) is 0 Å². The van der Waals surface area contributed by atoms with Crippen molar-refractivity contribution < 1.29 is 9.53 Å². The van der Waals surface area contributed by atoms with Crippen LogP contribution in [0.4, 0.5) is 0 Å². The van der Waals surface area contributed by atoms with Gasteiger partial charge >= 0.3 is 0 Å². The maximum atomic E-state index is 12.2. The molecule has 5 aliphatic rings. The van der Waals surface area contributed by atoms with Gasteiger partial charge in [-0.3, -0.25) is 4.79 Å². The highest BCUT2D eigenvalue weighted by Gasteiger charge is 2.54. The number of carbonyl (C=O) groups excluding carboxylic acids is 1. The first-order chi connectivity index (χ1) is 15.1. The van der Waals surface area contributed by atoms with Gasteiger partial charge in [0.05, 0.1) is 12.7 Å². The molecule has 0 amide bonds. The summed E-state index contributed by atoms with van der Waals surface area (Å²) in [6.07, 6.45) is 11.6. The minimum absolute atomic E-state index is 0.233. The lowest BCUT2D eigenvalue weighted by molar-refractivity contribution is -0.116. The van der Waals surface area contributed by atoms with Gasteiger partial charge in [-0.2, -0.15) is 0 Å². The number of likely N-dealkylation sites (tertiary alicyclic amines) is 1. The minimum Gasteiger partial charge on any atom is -0.372 e. The number of hydrogen-bond donors (Lipinski definition) is 0. The SMILES string of the molecule is C/C1=C2\C[C@H]3[C@@H](CCC4=CC(=O)CC[C@@]43C)[C@@H]2CCC(C)(C)[C@H]2[C@@H](C[C@H](C)CN2C)OC1. The van der Waals surface area contributed by atoms with Crippen molar-refractivity contribution in [1.29, 1.82) is 0 Å². The Morgan fingerprint density at radius 3 is 2.69 bits per heavy atom. The van der Waals surface area contributed by atoms with Crippen LogP contribution in [-0.2, 0) is 9.53 Å². The number of carbonyl (C=O) groups is 1. The molecule has 0 N–H and O–H groups in total. The number of hydrogen-bond acceptors (Lipinski definition) is 3. The minimum atomic E-state index is 0.233. The third-order valence-electron chi connectivity index (χ3n) is 10.5. The maximum absolute atomic E-state index is 12.2. The smallest absolute Gasteiger partial charge is 0.155 e. The van der Waals surface area contributed by atoms with Crippen LogP contribution in [0.25, 0.3) is 0 Å². The van der Waals surface area contributed by atoms with Gasteiger partial charge in [0.15, 0.2) is 5.78 Å². The van der Waals surface area contributed by atoms with Crippen molar-refractivity contribution >= 4 is 5.78 Å². The lowest BCUT2D eigenvalue weighted by Gasteiger charge is -2.50. The summed E-state index contributed by atoms with van der Waals surface area (Å²) in [7, 11) is 2.32. The summed E-state index contributed by atoms with van der Waals surface area (Å²) in [6, 6.07) is 0.507. The molecule has 0 aromatic carbocycles. The van der Waals surface area contributed by atoms with Crippen molar-refractivity contribution in [2.24, 2.45) is 34.5 Å². The molecule has 0 spiro atoms. The highest BCUT2D eigenvalue weighted by molar-refractivity contribution is 5.91. The van der Waals surface area contributed by atoms with Crippen molar-refractivity contribution in [3.05, 3.63) is 22.8 Å². The van der Waals surface area contributed by atoms with Crippen LogP contribution in [0.15, 0.2) is 22.8 Å². The van der Waals surface area contributed by atoms with Gasteiger partial charge in [-0.15, -0.1) is 0 Å². The molecule has 3 nitrogen and oxygen atoms in total. The number of likely N-dealkylation sites (N-methyl/N-ethyl adjacent to an activating group) is 1. The molecule has 3 heteroatoms. The van der Waals surface area contributed by atoms with Crippen molar-refractivity contribution in [2.45, 2.75) is 98.1 Å². The van der Waals surface area contributed by atoms with Gasteiger partial charge in [0, 0.05) is 19.0 Å². The molecular formula is C29H45NO2. The number of ketones is 1. The molecule has 7 atom stereocenters. The summed E-state index contributed by atoms with van der Waals surface area (Å²) in [6.45, 7) is 14.2. The van der Waals surface area contributed by atoms with E-state index in [0.717, 1.165) is 31.8 Å². The number of piperidine rings is 1. The summed E-state index contributed by atoms with van der Waals surface area (Å²) in [5.41, 5.74) is 5.21. The van der Waals surface area contributed by atoms with Crippen LogP contribution in [0.2, 0.25) is 0 Å². The molecule has 0 aromatic rings. The molecule has 32 heavy (non-hydrogen) atoms. The predicted molar refractivity (Wildman–Crippen MR) is 130 cm³/mol. The Morgan fingerprint density at radius 2 is 1.91 bits per heavy atom. The standard InChI is InChI=1S/C29H45NO2/c1-18-13-26-27(30(6)16-18)28(3,4)11-10-22-23-8-7-20-14-21(31)9-12-29(20,5)25(23)15-24(22)19(2)17-32-26/h14,18,22-23,25-27H,7-13,15-17H2,1-6H3/b24-19-/t18-,22-,23-,25-,26+,27+,29-/m0/s1. The zero-order chi connectivity index (χ0) is 22.8. The highest BCUT2D eigenvalue weighted by atomic mass is 16.5. The first kappa shape index (κ1) is 22.8. The van der Waals surface area contributed by atoms with Crippen LogP contribution >= 0.6 is 0 Å². The number of allylic oxidation sites excluding steroid dienone is 3. The highest BCUT2D eigenvalue weighted by Crippen LogP contribution is 2.62. The molecule has 5 rings (SSSR count). The fraction of sp³-hybridized carbons (Fsp3) is 0.828. The molecule has 3 fully saturated rings. The van der Waals surface area contributed by atoms with Gasteiger partial charge < -0.3 is 9.64 Å². The fourth-order valence-electron chi connectivity index (χ4n) is 8.88. The number of rotatable bonds is 0. The summed E-state index contributed by atoms with van der Waals surface area (Å²) in [5.74, 6) is 3.27. The van der Waals surface area contributed by atoms with E-state index >= 15 is 0 Å². The molecular weight excluding hydrogens is 394 g/mol. The predicted octanol–water partition coefficient (Wildman–Crippen LogP) is 6.19. The average Bonchev–Trinajstić information content (AvgIpc) is 3.10. The topological polar surface area (TPSA) is 29.5 Å². The second-order valence-electron chi connectivity index (χ2n) is 13.1. The normalized spacial score (nSPS) is 47.1. The van der Waals surface area contributed by atoms with Crippen molar-refractivity contribution in [3.63, 3.8) is 0 Å². The Hall–Kier alpha value is -0.930. The third-order valence-corrected chi connectivity index (χ3v) is 10.5. The molecule has 1 saturated heterocycles. The van der Waals surface area contributed by atoms with E-state index in [2.05, 4.69) is 46.6 Å². The van der Waals surface area contributed by atoms with Gasteiger partial charge in [-0.25, -0.2) is 0 Å². The van der Waals surface area contributed by atoms with Crippen LogP contribution in [0.1, 0.15) is 86.0 Å². The number of nitrogens with zero attached hydrogens (tertiary/aromatic N) is 1. The first-order valence-electron chi connectivity index (χ1n) is 13.3. The number of fused-ring (bicyclic) bond motifs is 6. The van der Waals surface area contributed by atoms with E-state index in [4.69, 9.17) is 4.74 Å². The Bertz CT molecular complexity index is 838. The second-order valence-corrected chi connectivity index (χ2v) is 13.1. The second kappa shape index (κ2) is 8.08. The van der Waals surface area contributed by atoms with E-state index in [0.29, 0.717) is 35.7 Å². The molecule has 0 bridgehead atoms. The Morgan fingerprint density at radius 1 is 1.12 bits per heavy atom.